The van der Waals surface area contributed by atoms with Gasteiger partial charge in [-0.15, -0.1) is 0 Å². The fraction of sp³-hybridized carbons (Fsp3) is 0.0667. The van der Waals surface area contributed by atoms with E-state index in [1.165, 1.54) is 23.1 Å². The number of hydrogen-bond donors (Lipinski definition) is 0. The van der Waals surface area contributed by atoms with Gasteiger partial charge in [0, 0.05) is 12.3 Å². The van der Waals surface area contributed by atoms with E-state index in [9.17, 15) is 13.6 Å². The molecule has 0 aliphatic rings. The molecule has 23 heavy (non-hydrogen) atoms. The first-order valence-corrected chi connectivity index (χ1v) is 6.73. The molecule has 8 heteroatoms. The number of aromatic nitrogens is 5. The summed E-state index contributed by atoms with van der Waals surface area (Å²) in [5.41, 5.74) is 0.489. The Labute approximate surface area is 127 Å². The second kappa shape index (κ2) is 4.67. The number of aryl methyl sites for hydroxylation is 1. The quantitative estimate of drug-likeness (QED) is 0.539. The van der Waals surface area contributed by atoms with E-state index in [1.807, 2.05) is 0 Å². The van der Waals surface area contributed by atoms with Crippen molar-refractivity contribution in [2.75, 3.05) is 0 Å². The monoisotopic (exact) mass is 313 g/mol. The number of nitrogens with zero attached hydrogens (tertiary/aromatic N) is 5. The molecule has 0 unspecified atom stereocenters. The van der Waals surface area contributed by atoms with Gasteiger partial charge in [-0.2, -0.15) is 14.6 Å². The molecule has 0 saturated heterocycles. The Kier molecular flexibility index (Phi) is 2.74. The van der Waals surface area contributed by atoms with Crippen molar-refractivity contribution in [3.05, 3.63) is 64.5 Å². The van der Waals surface area contributed by atoms with Crippen LogP contribution < -0.4 is 5.56 Å². The Morgan fingerprint density at radius 3 is 2.78 bits per heavy atom. The van der Waals surface area contributed by atoms with E-state index < -0.39 is 17.2 Å². The molecule has 0 fully saturated rings. The summed E-state index contributed by atoms with van der Waals surface area (Å²) in [6, 6.07) is 4.67. The van der Waals surface area contributed by atoms with E-state index in [0.29, 0.717) is 22.4 Å². The highest BCUT2D eigenvalue weighted by Gasteiger charge is 2.15. The van der Waals surface area contributed by atoms with Gasteiger partial charge in [0.1, 0.15) is 18.0 Å². The largest absolute Gasteiger partial charge is 0.281 e. The maximum Gasteiger partial charge on any atom is 0.266 e. The average Bonchev–Trinajstić information content (AvgIpc) is 2.96. The van der Waals surface area contributed by atoms with E-state index in [4.69, 9.17) is 0 Å². The summed E-state index contributed by atoms with van der Waals surface area (Å²) in [4.78, 5) is 21.0. The molecular formula is C15H9F2N5O. The molecule has 0 bridgehead atoms. The van der Waals surface area contributed by atoms with Crippen molar-refractivity contribution >= 4 is 16.7 Å². The third-order valence-electron chi connectivity index (χ3n) is 3.63. The van der Waals surface area contributed by atoms with Crippen LogP contribution in [-0.2, 0) is 0 Å². The number of benzene rings is 1. The van der Waals surface area contributed by atoms with Gasteiger partial charge in [-0.1, -0.05) is 0 Å². The molecule has 4 rings (SSSR count). The fourth-order valence-electron chi connectivity index (χ4n) is 2.60. The predicted octanol–water partition coefficient (Wildman–Crippen LogP) is 2.02. The van der Waals surface area contributed by atoms with Crippen LogP contribution in [0.5, 0.6) is 0 Å². The van der Waals surface area contributed by atoms with Gasteiger partial charge >= 0.3 is 0 Å². The Morgan fingerprint density at radius 1 is 1.17 bits per heavy atom. The van der Waals surface area contributed by atoms with Gasteiger partial charge in [-0.3, -0.25) is 9.36 Å². The van der Waals surface area contributed by atoms with E-state index in [0.717, 1.165) is 16.7 Å². The zero-order chi connectivity index (χ0) is 16.1. The molecule has 4 aromatic rings. The fourth-order valence-corrected chi connectivity index (χ4v) is 2.60. The summed E-state index contributed by atoms with van der Waals surface area (Å²) >= 11 is 0. The standard InChI is InChI=1S/C15H9F2N5O/c1-8-13-12(22-15(20-8)18-7-19-22)4-5-21(14(13)23)11-3-2-9(16)6-10(11)17/h2-7H,1H3. The van der Waals surface area contributed by atoms with Crippen LogP contribution >= 0.6 is 0 Å². The summed E-state index contributed by atoms with van der Waals surface area (Å²) in [5, 5.41) is 4.33. The third-order valence-corrected chi connectivity index (χ3v) is 3.63. The highest BCUT2D eigenvalue weighted by molar-refractivity contribution is 5.82. The number of halogens is 2. The minimum absolute atomic E-state index is 0.0311. The Balaban J connectivity index is 2.11. The van der Waals surface area contributed by atoms with Crippen molar-refractivity contribution in [3.63, 3.8) is 0 Å². The van der Waals surface area contributed by atoms with Gasteiger partial charge in [0.15, 0.2) is 0 Å². The minimum atomic E-state index is -0.820. The smallest absolute Gasteiger partial charge is 0.266 e. The van der Waals surface area contributed by atoms with Crippen LogP contribution in [-0.4, -0.2) is 24.1 Å². The highest BCUT2D eigenvalue weighted by atomic mass is 19.1. The Hall–Kier alpha value is -3.16. The molecule has 0 radical (unpaired) electrons. The van der Waals surface area contributed by atoms with Gasteiger partial charge in [0.05, 0.1) is 22.3 Å². The van der Waals surface area contributed by atoms with Crippen molar-refractivity contribution in [1.29, 1.82) is 0 Å². The van der Waals surface area contributed by atoms with Crippen LogP contribution in [0.3, 0.4) is 0 Å². The molecule has 0 amide bonds. The van der Waals surface area contributed by atoms with Gasteiger partial charge in [0.2, 0.25) is 0 Å². The van der Waals surface area contributed by atoms with Gasteiger partial charge in [-0.25, -0.2) is 13.8 Å². The predicted molar refractivity (Wildman–Crippen MR) is 78.5 cm³/mol. The Morgan fingerprint density at radius 2 is 2.00 bits per heavy atom. The van der Waals surface area contributed by atoms with Crippen LogP contribution in [0.1, 0.15) is 5.69 Å². The lowest BCUT2D eigenvalue weighted by atomic mass is 10.2. The Bertz CT molecular complexity index is 1130. The molecule has 1 aromatic carbocycles. The van der Waals surface area contributed by atoms with Crippen LogP contribution in [0, 0.1) is 18.6 Å². The molecule has 3 aromatic heterocycles. The molecule has 0 N–H and O–H groups in total. The van der Waals surface area contributed by atoms with Crippen LogP contribution in [0.2, 0.25) is 0 Å². The molecule has 3 heterocycles. The van der Waals surface area contributed by atoms with Crippen molar-refractivity contribution < 1.29 is 8.78 Å². The van der Waals surface area contributed by atoms with E-state index in [-0.39, 0.29) is 5.69 Å². The van der Waals surface area contributed by atoms with E-state index >= 15 is 0 Å². The second-order valence-electron chi connectivity index (χ2n) is 5.02. The molecule has 0 spiro atoms. The molecule has 0 aliphatic carbocycles. The summed E-state index contributed by atoms with van der Waals surface area (Å²) in [6.45, 7) is 1.67. The number of rotatable bonds is 1. The van der Waals surface area contributed by atoms with Crippen LogP contribution in [0.4, 0.5) is 8.78 Å². The molecule has 0 aliphatic heterocycles. The molecule has 0 atom stereocenters. The summed E-state index contributed by atoms with van der Waals surface area (Å²) in [6.07, 6.45) is 2.76. The normalized spacial score (nSPS) is 11.4. The number of fused-ring (bicyclic) bond motifs is 3. The lowest BCUT2D eigenvalue weighted by molar-refractivity contribution is 0.577. The second-order valence-corrected chi connectivity index (χ2v) is 5.02. The molecular weight excluding hydrogens is 304 g/mol. The van der Waals surface area contributed by atoms with Gasteiger partial charge in [0.25, 0.3) is 11.3 Å². The van der Waals surface area contributed by atoms with Gasteiger partial charge < -0.3 is 0 Å². The number of pyridine rings is 1. The van der Waals surface area contributed by atoms with Crippen LogP contribution in [0.25, 0.3) is 22.4 Å². The van der Waals surface area contributed by atoms with Crippen molar-refractivity contribution in [2.24, 2.45) is 0 Å². The van der Waals surface area contributed by atoms with E-state index in [1.54, 1.807) is 13.0 Å². The number of hydrogen-bond acceptors (Lipinski definition) is 4. The SMILES string of the molecule is Cc1nc2ncnn2c2ccn(-c3ccc(F)cc3F)c(=O)c12. The lowest BCUT2D eigenvalue weighted by Crippen LogP contribution is -2.21. The topological polar surface area (TPSA) is 65.1 Å². The minimum Gasteiger partial charge on any atom is -0.281 e. The van der Waals surface area contributed by atoms with Crippen molar-refractivity contribution in [1.82, 2.24) is 24.1 Å². The zero-order valence-electron chi connectivity index (χ0n) is 11.9. The first-order chi connectivity index (χ1) is 11.1. The average molecular weight is 313 g/mol. The van der Waals surface area contributed by atoms with Crippen LogP contribution in [0.15, 0.2) is 41.6 Å². The van der Waals surface area contributed by atoms with E-state index in [2.05, 4.69) is 15.1 Å². The lowest BCUT2D eigenvalue weighted by Gasteiger charge is -2.10. The maximum atomic E-state index is 14.0. The zero-order valence-corrected chi connectivity index (χ0v) is 11.9. The summed E-state index contributed by atoms with van der Waals surface area (Å²) < 4.78 is 29.6. The van der Waals surface area contributed by atoms with Crippen molar-refractivity contribution in [2.45, 2.75) is 6.92 Å². The first kappa shape index (κ1) is 13.5. The molecule has 0 saturated carbocycles. The first-order valence-electron chi connectivity index (χ1n) is 6.73. The summed E-state index contributed by atoms with van der Waals surface area (Å²) in [7, 11) is 0. The van der Waals surface area contributed by atoms with Gasteiger partial charge in [-0.05, 0) is 25.1 Å². The maximum absolute atomic E-state index is 14.0. The van der Waals surface area contributed by atoms with Crippen molar-refractivity contribution in [3.8, 4) is 5.69 Å². The third kappa shape index (κ3) is 1.91. The summed E-state index contributed by atoms with van der Waals surface area (Å²) in [5.74, 6) is -1.15. The molecule has 114 valence electrons. The highest BCUT2D eigenvalue weighted by Crippen LogP contribution is 2.17. The molecule has 6 nitrogen and oxygen atoms in total.